The molecule has 0 spiro atoms. The molecule has 2 heterocycles. The molecule has 1 fully saturated rings. The van der Waals surface area contributed by atoms with Crippen molar-refractivity contribution in [3.05, 3.63) is 41.5 Å². The minimum absolute atomic E-state index is 0. The Morgan fingerprint density at radius 2 is 1.62 bits per heavy atom. The van der Waals surface area contributed by atoms with Crippen LogP contribution in [-0.4, -0.2) is 28.1 Å². The van der Waals surface area contributed by atoms with E-state index in [9.17, 15) is 30.6 Å². The third-order valence-corrected chi connectivity index (χ3v) is 6.71. The molecule has 1 aliphatic heterocycles. The molecule has 2 aromatic carbocycles. The molecule has 1 aliphatic rings. The van der Waals surface area contributed by atoms with Gasteiger partial charge >= 0.3 is 12.4 Å². The van der Waals surface area contributed by atoms with Crippen molar-refractivity contribution >= 4 is 32.6 Å². The van der Waals surface area contributed by atoms with Crippen LogP contribution < -0.4 is 5.32 Å². The van der Waals surface area contributed by atoms with Crippen molar-refractivity contribution in [3.8, 4) is 0 Å². The highest BCUT2D eigenvalue weighted by molar-refractivity contribution is 7.84. The summed E-state index contributed by atoms with van der Waals surface area (Å²) in [6.45, 7) is 1.49. The van der Waals surface area contributed by atoms with Gasteiger partial charge in [-0.15, -0.1) is 0 Å². The van der Waals surface area contributed by atoms with Crippen molar-refractivity contribution in [2.24, 2.45) is 0 Å². The second kappa shape index (κ2) is 8.70. The lowest BCUT2D eigenvalue weighted by atomic mass is 10.1. The summed E-state index contributed by atoms with van der Waals surface area (Å²) in [5.74, 6) is 0. The Morgan fingerprint density at radius 1 is 0.938 bits per heavy atom. The highest BCUT2D eigenvalue weighted by Crippen LogP contribution is 2.42. The lowest BCUT2D eigenvalue weighted by Crippen LogP contribution is -2.15. The van der Waals surface area contributed by atoms with E-state index in [2.05, 4.69) is 5.32 Å². The molecular weight excluding hydrogens is 454 g/mol. The van der Waals surface area contributed by atoms with E-state index in [0.29, 0.717) is 24.0 Å². The summed E-state index contributed by atoms with van der Waals surface area (Å²) < 4.78 is 95.0. The highest BCUT2D eigenvalue weighted by atomic mass is 32.2. The Bertz CT molecular complexity index is 1160. The maximum absolute atomic E-state index is 13.7. The quantitative estimate of drug-likeness (QED) is 0.426. The number of nitrogens with zero attached hydrogens (tertiary/aromatic N) is 1. The van der Waals surface area contributed by atoms with E-state index in [1.54, 1.807) is 0 Å². The van der Waals surface area contributed by atoms with Gasteiger partial charge in [-0.1, -0.05) is 7.43 Å². The topological polar surface area (TPSA) is 34.0 Å². The van der Waals surface area contributed by atoms with Crippen molar-refractivity contribution in [1.29, 1.82) is 0 Å². The molecule has 1 saturated heterocycles. The second-order valence-corrected chi connectivity index (χ2v) is 9.10. The Kier molecular flexibility index (Phi) is 6.68. The van der Waals surface area contributed by atoms with E-state index in [4.69, 9.17) is 0 Å². The molecule has 4 rings (SSSR count). The minimum Gasteiger partial charge on any atom is -0.337 e. The van der Waals surface area contributed by atoms with Crippen LogP contribution in [0.1, 0.15) is 43.9 Å². The summed E-state index contributed by atoms with van der Waals surface area (Å²) in [5, 5.41) is 3.46. The smallest absolute Gasteiger partial charge is 0.337 e. The second-order valence-electron chi connectivity index (χ2n) is 7.75. The van der Waals surface area contributed by atoms with Gasteiger partial charge in [0.15, 0.2) is 0 Å². The minimum atomic E-state index is -4.78. The number of fused-ring (bicyclic) bond motifs is 3. The van der Waals surface area contributed by atoms with E-state index in [0.717, 1.165) is 37.6 Å². The van der Waals surface area contributed by atoms with Crippen LogP contribution in [0.25, 0.3) is 21.8 Å². The Labute approximate surface area is 184 Å². The number of aromatic nitrogens is 1. The summed E-state index contributed by atoms with van der Waals surface area (Å²) in [6, 6.07) is 5.18. The first-order valence-electron chi connectivity index (χ1n) is 9.78. The van der Waals surface area contributed by atoms with E-state index in [-0.39, 0.29) is 29.1 Å². The molecule has 1 aromatic heterocycles. The summed E-state index contributed by atoms with van der Waals surface area (Å²) >= 11 is 0. The first kappa shape index (κ1) is 24.6. The van der Waals surface area contributed by atoms with Crippen molar-refractivity contribution in [2.75, 3.05) is 19.3 Å². The van der Waals surface area contributed by atoms with Crippen LogP contribution >= 0.6 is 0 Å². The summed E-state index contributed by atoms with van der Waals surface area (Å²) in [7, 11) is -1.93. The number of nitrogens with one attached hydrogen (secondary N) is 1. The predicted octanol–water partition coefficient (Wildman–Crippen LogP) is 6.52. The number of halogens is 6. The third-order valence-electron chi connectivity index (χ3n) is 5.76. The maximum Gasteiger partial charge on any atom is 0.417 e. The fourth-order valence-electron chi connectivity index (χ4n) is 4.36. The zero-order valence-corrected chi connectivity index (χ0v) is 17.3. The molecule has 32 heavy (non-hydrogen) atoms. The van der Waals surface area contributed by atoms with Crippen LogP contribution in [0.5, 0.6) is 0 Å². The van der Waals surface area contributed by atoms with E-state index in [1.165, 1.54) is 18.4 Å². The standard InChI is InChI=1S/C21H20F6N2OS.CH4/c1-31(30)19-11-18-15(10-16(19)21(25,26)27)14-9-12(20(22,23)24)4-5-17(14)29(18)13-3-2-7-28-8-6-13;/h4-5,9-11,13,28H,2-3,6-8H2,1H3;1H4. The average molecular weight is 479 g/mol. The number of hydrogen-bond donors (Lipinski definition) is 1. The first-order valence-corrected chi connectivity index (χ1v) is 11.3. The SMILES string of the molecule is C.CS(=O)c1cc2c(cc1C(F)(F)F)c1cc(C(F)(F)F)ccc1n2C1CCCNCC1. The van der Waals surface area contributed by atoms with Gasteiger partial charge in [-0.05, 0) is 62.7 Å². The summed E-state index contributed by atoms with van der Waals surface area (Å²) in [6.07, 6.45) is -5.98. The lowest BCUT2D eigenvalue weighted by molar-refractivity contribution is -0.140. The van der Waals surface area contributed by atoms with E-state index in [1.807, 2.05) is 4.57 Å². The fourth-order valence-corrected chi connectivity index (χ4v) is 5.13. The maximum atomic E-state index is 13.7. The Hall–Kier alpha value is -2.07. The normalized spacial score (nSPS) is 19.0. The molecule has 0 bridgehead atoms. The molecule has 0 radical (unpaired) electrons. The molecule has 2 unspecified atom stereocenters. The number of hydrogen-bond acceptors (Lipinski definition) is 2. The zero-order chi connectivity index (χ0) is 22.6. The van der Waals surface area contributed by atoms with E-state index >= 15 is 0 Å². The summed E-state index contributed by atoms with van der Waals surface area (Å²) in [5.41, 5.74) is -1.18. The van der Waals surface area contributed by atoms with Gasteiger partial charge in [0, 0.05) is 28.6 Å². The van der Waals surface area contributed by atoms with Gasteiger partial charge in [0.1, 0.15) is 0 Å². The van der Waals surface area contributed by atoms with Crippen molar-refractivity contribution in [1.82, 2.24) is 9.88 Å². The predicted molar refractivity (Wildman–Crippen MR) is 114 cm³/mol. The molecule has 1 N–H and O–H groups in total. The molecule has 0 aliphatic carbocycles. The van der Waals surface area contributed by atoms with Crippen LogP contribution in [0, 0.1) is 0 Å². The monoisotopic (exact) mass is 478 g/mol. The van der Waals surface area contributed by atoms with Crippen molar-refractivity contribution in [3.63, 3.8) is 0 Å². The molecular formula is C22H24F6N2OS. The van der Waals surface area contributed by atoms with Gasteiger partial charge in [0.25, 0.3) is 0 Å². The fraction of sp³-hybridized carbons (Fsp3) is 0.455. The molecule has 3 nitrogen and oxygen atoms in total. The average Bonchev–Trinajstić information content (AvgIpc) is 2.81. The first-order chi connectivity index (χ1) is 14.5. The molecule has 176 valence electrons. The van der Waals surface area contributed by atoms with E-state index < -0.39 is 34.3 Å². The highest BCUT2D eigenvalue weighted by Gasteiger charge is 2.36. The van der Waals surface area contributed by atoms with Crippen molar-refractivity contribution in [2.45, 2.75) is 50.0 Å². The van der Waals surface area contributed by atoms with Gasteiger partial charge in [-0.3, -0.25) is 4.21 Å². The number of benzene rings is 2. The van der Waals surface area contributed by atoms with Gasteiger partial charge < -0.3 is 9.88 Å². The van der Waals surface area contributed by atoms with Gasteiger partial charge in [-0.2, -0.15) is 26.3 Å². The van der Waals surface area contributed by atoms with Crippen LogP contribution in [0.2, 0.25) is 0 Å². The third kappa shape index (κ3) is 4.39. The number of rotatable bonds is 2. The zero-order valence-electron chi connectivity index (χ0n) is 16.5. The van der Waals surface area contributed by atoms with Crippen LogP contribution in [0.4, 0.5) is 26.3 Å². The summed E-state index contributed by atoms with van der Waals surface area (Å²) in [4.78, 5) is -0.369. The Balaban J connectivity index is 0.00000289. The lowest BCUT2D eigenvalue weighted by Gasteiger charge is -2.20. The van der Waals surface area contributed by atoms with Crippen LogP contribution in [0.3, 0.4) is 0 Å². The van der Waals surface area contributed by atoms with Gasteiger partial charge in [0.05, 0.1) is 32.3 Å². The van der Waals surface area contributed by atoms with Gasteiger partial charge in [0.2, 0.25) is 0 Å². The van der Waals surface area contributed by atoms with Gasteiger partial charge in [-0.25, -0.2) is 0 Å². The van der Waals surface area contributed by atoms with Crippen molar-refractivity contribution < 1.29 is 30.6 Å². The molecule has 0 saturated carbocycles. The molecule has 2 atom stereocenters. The van der Waals surface area contributed by atoms with Crippen LogP contribution in [-0.2, 0) is 23.2 Å². The number of alkyl halides is 6. The molecule has 0 amide bonds. The Morgan fingerprint density at radius 3 is 2.25 bits per heavy atom. The van der Waals surface area contributed by atoms with Crippen LogP contribution in [0.15, 0.2) is 35.2 Å². The molecule has 10 heteroatoms. The molecule has 3 aromatic rings. The largest absolute Gasteiger partial charge is 0.417 e.